The maximum atomic E-state index is 12.5. The fourth-order valence-electron chi connectivity index (χ4n) is 2.49. The Morgan fingerprint density at radius 3 is 2.67 bits per heavy atom. The smallest absolute Gasteiger partial charge is 0.270 e. The molecule has 124 valence electrons. The van der Waals surface area contributed by atoms with Crippen molar-refractivity contribution in [2.45, 2.75) is 17.1 Å². The highest BCUT2D eigenvalue weighted by molar-refractivity contribution is 7.90. The lowest BCUT2D eigenvalue weighted by molar-refractivity contribution is -0.384. The number of carbonyl (C=O) groups is 1. The third-order valence-electron chi connectivity index (χ3n) is 3.68. The molecule has 1 aliphatic heterocycles. The van der Waals surface area contributed by atoms with E-state index < -0.39 is 20.5 Å². The highest BCUT2D eigenvalue weighted by Crippen LogP contribution is 2.30. The Kier molecular flexibility index (Phi) is 3.72. The standard InChI is InChI=1S/C15H12N2O6S/c18-14-4-1-11(17(20)21)5-10(14)8-24(22,23)12-2-3-13-9(6-12)7-15(19)16-13/h1-6,18H,7-8H2,(H,16,19). The second kappa shape index (κ2) is 5.60. The van der Waals surface area contributed by atoms with E-state index in [4.69, 9.17) is 0 Å². The zero-order valence-electron chi connectivity index (χ0n) is 12.2. The zero-order chi connectivity index (χ0) is 17.5. The molecule has 0 aromatic heterocycles. The fraction of sp³-hybridized carbons (Fsp3) is 0.133. The summed E-state index contributed by atoms with van der Waals surface area (Å²) in [5.74, 6) is -1.13. The van der Waals surface area contributed by atoms with Crippen LogP contribution in [0.2, 0.25) is 0 Å². The number of carbonyl (C=O) groups excluding carboxylic acids is 1. The Balaban J connectivity index is 1.95. The number of anilines is 1. The molecular weight excluding hydrogens is 336 g/mol. The van der Waals surface area contributed by atoms with E-state index in [9.17, 15) is 28.4 Å². The van der Waals surface area contributed by atoms with Crippen LogP contribution in [0, 0.1) is 10.1 Å². The van der Waals surface area contributed by atoms with Gasteiger partial charge in [-0.15, -0.1) is 0 Å². The van der Waals surface area contributed by atoms with Gasteiger partial charge in [0, 0.05) is 23.4 Å². The number of non-ortho nitro benzene ring substituents is 1. The summed E-state index contributed by atoms with van der Waals surface area (Å²) in [6.07, 6.45) is 0.0980. The van der Waals surface area contributed by atoms with Crippen LogP contribution in [0.3, 0.4) is 0 Å². The van der Waals surface area contributed by atoms with Crippen LogP contribution >= 0.6 is 0 Å². The number of nitro groups is 1. The highest BCUT2D eigenvalue weighted by atomic mass is 32.2. The van der Waals surface area contributed by atoms with Crippen molar-refractivity contribution in [2.24, 2.45) is 0 Å². The predicted octanol–water partition coefficient (Wildman–Crippen LogP) is 1.77. The second-order valence-corrected chi connectivity index (χ2v) is 7.36. The summed E-state index contributed by atoms with van der Waals surface area (Å²) < 4.78 is 25.1. The Morgan fingerprint density at radius 2 is 1.96 bits per heavy atom. The Hall–Kier alpha value is -2.94. The summed E-state index contributed by atoms with van der Waals surface area (Å²) >= 11 is 0. The summed E-state index contributed by atoms with van der Waals surface area (Å²) in [7, 11) is -3.84. The molecule has 2 N–H and O–H groups in total. The van der Waals surface area contributed by atoms with Crippen molar-refractivity contribution in [1.82, 2.24) is 0 Å². The lowest BCUT2D eigenvalue weighted by Gasteiger charge is -2.08. The number of nitro benzene ring substituents is 1. The maximum Gasteiger partial charge on any atom is 0.270 e. The van der Waals surface area contributed by atoms with Gasteiger partial charge in [-0.25, -0.2) is 8.42 Å². The molecule has 0 spiro atoms. The normalized spacial score (nSPS) is 13.4. The number of benzene rings is 2. The van der Waals surface area contributed by atoms with Crippen molar-refractivity contribution in [3.63, 3.8) is 0 Å². The average molecular weight is 348 g/mol. The third-order valence-corrected chi connectivity index (χ3v) is 5.34. The number of hydrogen-bond donors (Lipinski definition) is 2. The van der Waals surface area contributed by atoms with Gasteiger partial charge in [-0.2, -0.15) is 0 Å². The van der Waals surface area contributed by atoms with Gasteiger partial charge in [-0.3, -0.25) is 14.9 Å². The number of phenols is 1. The number of nitrogens with one attached hydrogen (secondary N) is 1. The van der Waals surface area contributed by atoms with Gasteiger partial charge in [0.25, 0.3) is 5.69 Å². The van der Waals surface area contributed by atoms with Crippen molar-refractivity contribution in [3.05, 3.63) is 57.6 Å². The number of phenolic OH excluding ortho intramolecular Hbond substituents is 1. The molecule has 0 saturated heterocycles. The van der Waals surface area contributed by atoms with Crippen molar-refractivity contribution >= 4 is 27.1 Å². The molecule has 0 bridgehead atoms. The van der Waals surface area contributed by atoms with Crippen molar-refractivity contribution < 1.29 is 23.2 Å². The van der Waals surface area contributed by atoms with Crippen molar-refractivity contribution in [2.75, 3.05) is 5.32 Å². The Bertz CT molecular complexity index is 968. The van der Waals surface area contributed by atoms with E-state index in [1.807, 2.05) is 0 Å². The molecule has 3 rings (SSSR count). The molecule has 0 saturated carbocycles. The second-order valence-electron chi connectivity index (χ2n) is 5.37. The van der Waals surface area contributed by atoms with E-state index in [0.29, 0.717) is 11.3 Å². The van der Waals surface area contributed by atoms with Gasteiger partial charge in [0.2, 0.25) is 5.91 Å². The van der Waals surface area contributed by atoms with Crippen molar-refractivity contribution in [1.29, 1.82) is 0 Å². The fourth-order valence-corrected chi connectivity index (χ4v) is 3.89. The van der Waals surface area contributed by atoms with Gasteiger partial charge < -0.3 is 10.4 Å². The molecule has 24 heavy (non-hydrogen) atoms. The van der Waals surface area contributed by atoms with Crippen LogP contribution in [0.5, 0.6) is 5.75 Å². The van der Waals surface area contributed by atoms with Crippen LogP contribution in [0.1, 0.15) is 11.1 Å². The number of fused-ring (bicyclic) bond motifs is 1. The van der Waals surface area contributed by atoms with Gasteiger partial charge in [-0.1, -0.05) is 0 Å². The molecule has 1 aliphatic rings. The number of rotatable bonds is 4. The molecular formula is C15H12N2O6S. The number of aromatic hydroxyl groups is 1. The zero-order valence-corrected chi connectivity index (χ0v) is 13.0. The minimum absolute atomic E-state index is 0.0105. The molecule has 2 aromatic rings. The van der Waals surface area contributed by atoms with Gasteiger partial charge >= 0.3 is 0 Å². The predicted molar refractivity (Wildman–Crippen MR) is 84.4 cm³/mol. The van der Waals surface area contributed by atoms with Crippen LogP contribution in [-0.2, 0) is 26.8 Å². The summed E-state index contributed by atoms with van der Waals surface area (Å²) in [6, 6.07) is 7.48. The SMILES string of the molecule is O=C1Cc2cc(S(=O)(=O)Cc3cc([N+](=O)[O-])ccc3O)ccc2N1. The average Bonchev–Trinajstić information content (AvgIpc) is 2.88. The van der Waals surface area contributed by atoms with Gasteiger partial charge in [-0.05, 0) is 29.8 Å². The summed E-state index contributed by atoms with van der Waals surface area (Å²) in [6.45, 7) is 0. The number of sulfone groups is 1. The minimum atomic E-state index is -3.84. The summed E-state index contributed by atoms with van der Waals surface area (Å²) in [4.78, 5) is 21.5. The lowest BCUT2D eigenvalue weighted by Crippen LogP contribution is -2.06. The molecule has 0 unspecified atom stereocenters. The van der Waals surface area contributed by atoms with E-state index in [1.165, 1.54) is 18.2 Å². The first-order valence-corrected chi connectivity index (χ1v) is 8.53. The van der Waals surface area contributed by atoms with E-state index in [-0.39, 0.29) is 34.2 Å². The summed E-state index contributed by atoms with van der Waals surface area (Å²) in [5, 5.41) is 23.2. The molecule has 1 amide bonds. The molecule has 0 radical (unpaired) electrons. The van der Waals surface area contributed by atoms with E-state index >= 15 is 0 Å². The highest BCUT2D eigenvalue weighted by Gasteiger charge is 2.24. The van der Waals surface area contributed by atoms with Crippen LogP contribution in [0.15, 0.2) is 41.3 Å². The first-order chi connectivity index (χ1) is 11.3. The van der Waals surface area contributed by atoms with Crippen LogP contribution in [0.4, 0.5) is 11.4 Å². The van der Waals surface area contributed by atoms with E-state index in [2.05, 4.69) is 5.32 Å². The first-order valence-electron chi connectivity index (χ1n) is 6.88. The molecule has 8 nitrogen and oxygen atoms in total. The number of hydrogen-bond acceptors (Lipinski definition) is 6. The topological polar surface area (TPSA) is 127 Å². The van der Waals surface area contributed by atoms with Gasteiger partial charge in [0.1, 0.15) is 5.75 Å². The Labute approximate surface area is 136 Å². The number of nitrogens with zero attached hydrogens (tertiary/aromatic N) is 1. The van der Waals surface area contributed by atoms with Crippen molar-refractivity contribution in [3.8, 4) is 5.75 Å². The molecule has 1 heterocycles. The Morgan fingerprint density at radius 1 is 1.21 bits per heavy atom. The van der Waals surface area contributed by atoms with E-state index in [1.54, 1.807) is 0 Å². The summed E-state index contributed by atoms with van der Waals surface area (Å²) in [5.41, 5.74) is 0.780. The molecule has 9 heteroatoms. The molecule has 0 fully saturated rings. The number of amides is 1. The van der Waals surface area contributed by atoms with Crippen LogP contribution in [0.25, 0.3) is 0 Å². The third kappa shape index (κ3) is 2.93. The quantitative estimate of drug-likeness (QED) is 0.640. The largest absolute Gasteiger partial charge is 0.508 e. The molecule has 0 atom stereocenters. The molecule has 2 aromatic carbocycles. The van der Waals surface area contributed by atoms with E-state index in [0.717, 1.165) is 18.2 Å². The lowest BCUT2D eigenvalue weighted by atomic mass is 10.2. The maximum absolute atomic E-state index is 12.5. The van der Waals surface area contributed by atoms with Crippen LogP contribution < -0.4 is 5.32 Å². The van der Waals surface area contributed by atoms with Gasteiger partial charge in [0.05, 0.1) is 22.0 Å². The van der Waals surface area contributed by atoms with Crippen LogP contribution in [-0.4, -0.2) is 24.4 Å². The molecule has 0 aliphatic carbocycles. The first kappa shape index (κ1) is 15.9. The minimum Gasteiger partial charge on any atom is -0.508 e. The van der Waals surface area contributed by atoms with Gasteiger partial charge in [0.15, 0.2) is 9.84 Å². The monoisotopic (exact) mass is 348 g/mol.